The number of fused-ring (bicyclic) bond motifs is 1. The maximum atomic E-state index is 12.0. The lowest BCUT2D eigenvalue weighted by atomic mass is 10.2. The minimum atomic E-state index is -0.126. The van der Waals surface area contributed by atoms with Gasteiger partial charge in [0.25, 0.3) is 0 Å². The van der Waals surface area contributed by atoms with E-state index in [1.165, 1.54) is 0 Å². The van der Waals surface area contributed by atoms with E-state index in [1.807, 2.05) is 25.1 Å². The number of hydrogen-bond donors (Lipinski definition) is 2. The molecule has 114 valence electrons. The fraction of sp³-hybridized carbons (Fsp3) is 0.188. The van der Waals surface area contributed by atoms with E-state index in [-0.39, 0.29) is 19.2 Å². The average Bonchev–Trinajstić information content (AvgIpc) is 2.96. The van der Waals surface area contributed by atoms with Crippen LogP contribution in [-0.2, 0) is 4.79 Å². The molecule has 0 aromatic heterocycles. The van der Waals surface area contributed by atoms with Gasteiger partial charge in [-0.15, -0.1) is 0 Å². The number of nitrogens with one attached hydrogen (secondary N) is 2. The second-order valence-electron chi connectivity index (χ2n) is 4.93. The third kappa shape index (κ3) is 3.33. The maximum absolute atomic E-state index is 12.0. The third-order valence-electron chi connectivity index (χ3n) is 3.27. The summed E-state index contributed by atoms with van der Waals surface area (Å²) in [7, 11) is 0. The van der Waals surface area contributed by atoms with Gasteiger partial charge in [-0.3, -0.25) is 4.79 Å². The molecule has 2 aromatic rings. The molecule has 6 heteroatoms. The monoisotopic (exact) mass is 362 g/mol. The number of halogens is 1. The highest BCUT2D eigenvalue weighted by atomic mass is 79.9. The summed E-state index contributed by atoms with van der Waals surface area (Å²) in [6.45, 7) is 2.41. The van der Waals surface area contributed by atoms with E-state index in [1.54, 1.807) is 18.2 Å². The van der Waals surface area contributed by atoms with Crippen LogP contribution in [0.15, 0.2) is 40.9 Å². The van der Waals surface area contributed by atoms with Gasteiger partial charge in [0.1, 0.15) is 0 Å². The second kappa shape index (κ2) is 6.27. The van der Waals surface area contributed by atoms with Crippen LogP contribution in [0.1, 0.15) is 5.56 Å². The van der Waals surface area contributed by atoms with Crippen molar-refractivity contribution in [3.8, 4) is 11.5 Å². The number of rotatable bonds is 4. The van der Waals surface area contributed by atoms with Crippen LogP contribution in [-0.4, -0.2) is 19.2 Å². The first-order valence-electron chi connectivity index (χ1n) is 6.81. The molecule has 3 rings (SSSR count). The molecule has 0 radical (unpaired) electrons. The number of hydrogen-bond acceptors (Lipinski definition) is 4. The second-order valence-corrected chi connectivity index (χ2v) is 5.79. The van der Waals surface area contributed by atoms with Crippen molar-refractivity contribution < 1.29 is 14.3 Å². The van der Waals surface area contributed by atoms with E-state index >= 15 is 0 Å². The highest BCUT2D eigenvalue weighted by molar-refractivity contribution is 9.10. The van der Waals surface area contributed by atoms with E-state index in [0.717, 1.165) is 15.7 Å². The van der Waals surface area contributed by atoms with Crippen LogP contribution in [0.25, 0.3) is 0 Å². The molecule has 5 nitrogen and oxygen atoms in total. The molecule has 1 aliphatic heterocycles. The third-order valence-corrected chi connectivity index (χ3v) is 4.16. The molecule has 1 heterocycles. The Bertz CT molecular complexity index is 719. The largest absolute Gasteiger partial charge is 0.454 e. The Balaban J connectivity index is 1.57. The first kappa shape index (κ1) is 14.7. The molecule has 1 amide bonds. The van der Waals surface area contributed by atoms with Gasteiger partial charge in [0.15, 0.2) is 11.5 Å². The average molecular weight is 363 g/mol. The number of ether oxygens (including phenoxy) is 2. The first-order valence-corrected chi connectivity index (χ1v) is 7.60. The lowest BCUT2D eigenvalue weighted by Gasteiger charge is -2.09. The van der Waals surface area contributed by atoms with Gasteiger partial charge >= 0.3 is 0 Å². The zero-order valence-corrected chi connectivity index (χ0v) is 13.6. The molecule has 0 spiro atoms. The summed E-state index contributed by atoms with van der Waals surface area (Å²) in [6, 6.07) is 11.2. The van der Waals surface area contributed by atoms with E-state index in [9.17, 15) is 4.79 Å². The lowest BCUT2D eigenvalue weighted by Crippen LogP contribution is -2.21. The van der Waals surface area contributed by atoms with Crippen molar-refractivity contribution in [3.63, 3.8) is 0 Å². The number of aryl methyl sites for hydroxylation is 1. The van der Waals surface area contributed by atoms with Crippen LogP contribution in [0.2, 0.25) is 0 Å². The summed E-state index contributed by atoms with van der Waals surface area (Å²) >= 11 is 3.45. The number of benzene rings is 2. The Morgan fingerprint density at radius 1 is 1.14 bits per heavy atom. The fourth-order valence-electron chi connectivity index (χ4n) is 2.12. The van der Waals surface area contributed by atoms with Crippen LogP contribution in [0.3, 0.4) is 0 Å². The molecule has 0 aliphatic carbocycles. The minimum absolute atomic E-state index is 0.126. The van der Waals surface area contributed by atoms with Crippen LogP contribution >= 0.6 is 15.9 Å². The molecule has 2 aromatic carbocycles. The predicted molar refractivity (Wildman–Crippen MR) is 88.6 cm³/mol. The van der Waals surface area contributed by atoms with Gasteiger partial charge in [-0.2, -0.15) is 0 Å². The van der Waals surface area contributed by atoms with E-state index in [2.05, 4.69) is 26.6 Å². The van der Waals surface area contributed by atoms with E-state index in [4.69, 9.17) is 9.47 Å². The summed E-state index contributed by atoms with van der Waals surface area (Å²) in [5, 5.41) is 5.92. The van der Waals surface area contributed by atoms with Gasteiger partial charge in [0.05, 0.1) is 6.54 Å². The van der Waals surface area contributed by atoms with Gasteiger partial charge in [0, 0.05) is 21.9 Å². The zero-order valence-electron chi connectivity index (χ0n) is 12.0. The van der Waals surface area contributed by atoms with Gasteiger partial charge < -0.3 is 20.1 Å². The molecule has 0 saturated heterocycles. The van der Waals surface area contributed by atoms with Crippen molar-refractivity contribution in [2.24, 2.45) is 0 Å². The normalized spacial score (nSPS) is 12.1. The number of amides is 1. The molecule has 2 N–H and O–H groups in total. The van der Waals surface area contributed by atoms with Crippen LogP contribution in [0.5, 0.6) is 11.5 Å². The summed E-state index contributed by atoms with van der Waals surface area (Å²) in [6.07, 6.45) is 0. The fourth-order valence-corrected chi connectivity index (χ4v) is 2.36. The Labute approximate surface area is 136 Å². The van der Waals surface area contributed by atoms with Gasteiger partial charge in [-0.25, -0.2) is 0 Å². The summed E-state index contributed by atoms with van der Waals surface area (Å²) in [4.78, 5) is 12.0. The topological polar surface area (TPSA) is 59.6 Å². The molecular formula is C16H15BrN2O3. The van der Waals surface area contributed by atoms with Crippen molar-refractivity contribution in [2.45, 2.75) is 6.92 Å². The Hall–Kier alpha value is -2.21. The Morgan fingerprint density at radius 2 is 1.91 bits per heavy atom. The summed E-state index contributed by atoms with van der Waals surface area (Å²) in [5.74, 6) is 1.22. The molecule has 1 aliphatic rings. The quantitative estimate of drug-likeness (QED) is 0.873. The van der Waals surface area contributed by atoms with Crippen molar-refractivity contribution in [3.05, 3.63) is 46.4 Å². The number of anilines is 2. The number of carbonyl (C=O) groups excluding carboxylic acids is 1. The predicted octanol–water partition coefficient (Wildman–Crippen LogP) is 3.54. The minimum Gasteiger partial charge on any atom is -0.454 e. The van der Waals surface area contributed by atoms with Gasteiger partial charge in [-0.05, 0) is 42.8 Å². The molecule has 0 fully saturated rings. The van der Waals surface area contributed by atoms with Crippen LogP contribution in [0.4, 0.5) is 11.4 Å². The first-order chi connectivity index (χ1) is 10.6. The zero-order chi connectivity index (χ0) is 15.5. The van der Waals surface area contributed by atoms with Gasteiger partial charge in [0.2, 0.25) is 12.7 Å². The van der Waals surface area contributed by atoms with Crippen molar-refractivity contribution in [1.82, 2.24) is 0 Å². The van der Waals surface area contributed by atoms with Crippen molar-refractivity contribution >= 4 is 33.2 Å². The molecule has 22 heavy (non-hydrogen) atoms. The molecular weight excluding hydrogens is 348 g/mol. The highest BCUT2D eigenvalue weighted by Crippen LogP contribution is 2.34. The Morgan fingerprint density at radius 3 is 2.73 bits per heavy atom. The standard InChI is InChI=1S/C16H15BrN2O3/c1-10-6-11(2-4-13(10)17)18-8-16(20)19-12-3-5-14-15(7-12)22-9-21-14/h2-7,18H,8-9H2,1H3,(H,19,20). The van der Waals surface area contributed by atoms with Crippen molar-refractivity contribution in [2.75, 3.05) is 24.0 Å². The summed E-state index contributed by atoms with van der Waals surface area (Å²) < 4.78 is 11.6. The lowest BCUT2D eigenvalue weighted by molar-refractivity contribution is -0.114. The van der Waals surface area contributed by atoms with E-state index < -0.39 is 0 Å². The summed E-state index contributed by atoms with van der Waals surface area (Å²) in [5.41, 5.74) is 2.70. The molecule has 0 saturated carbocycles. The Kier molecular flexibility index (Phi) is 4.20. The molecule has 0 unspecified atom stereocenters. The molecule has 0 atom stereocenters. The smallest absolute Gasteiger partial charge is 0.243 e. The molecule has 0 bridgehead atoms. The van der Waals surface area contributed by atoms with Gasteiger partial charge in [-0.1, -0.05) is 15.9 Å². The number of carbonyl (C=O) groups is 1. The van der Waals surface area contributed by atoms with E-state index in [0.29, 0.717) is 17.2 Å². The van der Waals surface area contributed by atoms with Crippen LogP contribution in [0, 0.1) is 6.92 Å². The highest BCUT2D eigenvalue weighted by Gasteiger charge is 2.14. The maximum Gasteiger partial charge on any atom is 0.243 e. The SMILES string of the molecule is Cc1cc(NCC(=O)Nc2ccc3c(c2)OCO3)ccc1Br. The van der Waals surface area contributed by atoms with Crippen molar-refractivity contribution in [1.29, 1.82) is 0 Å². The van der Waals surface area contributed by atoms with Crippen LogP contribution < -0.4 is 20.1 Å².